The van der Waals surface area contributed by atoms with Crippen molar-refractivity contribution >= 4 is 5.91 Å². The Labute approximate surface area is 137 Å². The zero-order chi connectivity index (χ0) is 15.6. The standard InChI is InChI=1S/C19H23N3O/c23-19(18-10-9-15-6-1-2-8-17(15)18)22-13-4-3-7-16(22)14-21-12-5-11-20-21/h1-2,5-6,8,11-12,16,18H,3-4,7,9-10,13-14H2/t16-,18+/m0/s1. The Kier molecular flexibility index (Phi) is 3.90. The van der Waals surface area contributed by atoms with E-state index in [4.69, 9.17) is 0 Å². The van der Waals surface area contributed by atoms with Gasteiger partial charge in [-0.25, -0.2) is 0 Å². The molecule has 1 fully saturated rings. The Morgan fingerprint density at radius 3 is 2.96 bits per heavy atom. The molecule has 4 rings (SSSR count). The minimum absolute atomic E-state index is 0.0596. The summed E-state index contributed by atoms with van der Waals surface area (Å²) < 4.78 is 1.96. The summed E-state index contributed by atoms with van der Waals surface area (Å²) in [6.45, 7) is 1.70. The number of hydrogen-bond acceptors (Lipinski definition) is 2. The normalized spacial score (nSPS) is 23.7. The number of carbonyl (C=O) groups is 1. The van der Waals surface area contributed by atoms with E-state index in [1.165, 1.54) is 17.5 Å². The number of likely N-dealkylation sites (tertiary alicyclic amines) is 1. The summed E-state index contributed by atoms with van der Waals surface area (Å²) >= 11 is 0. The molecule has 120 valence electrons. The number of aryl methyl sites for hydroxylation is 1. The maximum Gasteiger partial charge on any atom is 0.230 e. The van der Waals surface area contributed by atoms with Crippen LogP contribution in [-0.4, -0.2) is 33.2 Å². The molecule has 4 heteroatoms. The molecule has 2 atom stereocenters. The molecule has 0 saturated carbocycles. The third-order valence-corrected chi connectivity index (χ3v) is 5.30. The molecule has 0 unspecified atom stereocenters. The van der Waals surface area contributed by atoms with Gasteiger partial charge in [-0.1, -0.05) is 24.3 Å². The molecule has 4 nitrogen and oxygen atoms in total. The first-order valence-corrected chi connectivity index (χ1v) is 8.68. The summed E-state index contributed by atoms with van der Waals surface area (Å²) in [6.07, 6.45) is 9.20. The van der Waals surface area contributed by atoms with Crippen molar-refractivity contribution in [2.45, 2.75) is 50.6 Å². The lowest BCUT2D eigenvalue weighted by Gasteiger charge is -2.37. The Hall–Kier alpha value is -2.10. The van der Waals surface area contributed by atoms with Gasteiger partial charge in [-0.05, 0) is 49.3 Å². The van der Waals surface area contributed by atoms with Crippen LogP contribution in [0, 0.1) is 0 Å². The van der Waals surface area contributed by atoms with E-state index in [2.05, 4.69) is 34.3 Å². The van der Waals surface area contributed by atoms with Gasteiger partial charge in [0.2, 0.25) is 5.91 Å². The molecule has 2 heterocycles. The number of carbonyl (C=O) groups excluding carboxylic acids is 1. The van der Waals surface area contributed by atoms with Crippen LogP contribution in [0.2, 0.25) is 0 Å². The highest BCUT2D eigenvalue weighted by Gasteiger charge is 2.35. The van der Waals surface area contributed by atoms with E-state index in [1.54, 1.807) is 0 Å². The number of benzene rings is 1. The molecule has 0 radical (unpaired) electrons. The second-order valence-corrected chi connectivity index (χ2v) is 6.70. The Balaban J connectivity index is 1.54. The van der Waals surface area contributed by atoms with Crippen molar-refractivity contribution in [3.05, 3.63) is 53.9 Å². The fourth-order valence-electron chi connectivity index (χ4n) is 4.12. The summed E-state index contributed by atoms with van der Waals surface area (Å²) in [5.74, 6) is 0.385. The van der Waals surface area contributed by atoms with E-state index in [9.17, 15) is 4.79 Å². The van der Waals surface area contributed by atoms with Crippen molar-refractivity contribution in [1.82, 2.24) is 14.7 Å². The predicted molar refractivity (Wildman–Crippen MR) is 89.1 cm³/mol. The summed E-state index contributed by atoms with van der Waals surface area (Å²) in [7, 11) is 0. The minimum atomic E-state index is 0.0596. The van der Waals surface area contributed by atoms with Crippen LogP contribution < -0.4 is 0 Å². The van der Waals surface area contributed by atoms with Crippen molar-refractivity contribution in [2.75, 3.05) is 6.54 Å². The second-order valence-electron chi connectivity index (χ2n) is 6.70. The fraction of sp³-hybridized carbons (Fsp3) is 0.474. The quantitative estimate of drug-likeness (QED) is 0.874. The summed E-state index contributed by atoms with van der Waals surface area (Å²) in [4.78, 5) is 15.3. The minimum Gasteiger partial charge on any atom is -0.337 e. The van der Waals surface area contributed by atoms with Gasteiger partial charge in [0, 0.05) is 18.9 Å². The van der Waals surface area contributed by atoms with Crippen LogP contribution in [0.5, 0.6) is 0 Å². The van der Waals surface area contributed by atoms with Gasteiger partial charge in [-0.2, -0.15) is 5.10 Å². The molecule has 1 aliphatic carbocycles. The highest BCUT2D eigenvalue weighted by Crippen LogP contribution is 2.35. The van der Waals surface area contributed by atoms with Crippen molar-refractivity contribution in [3.8, 4) is 0 Å². The van der Waals surface area contributed by atoms with Gasteiger partial charge in [-0.3, -0.25) is 9.48 Å². The summed E-state index contributed by atoms with van der Waals surface area (Å²) in [6, 6.07) is 10.7. The maximum atomic E-state index is 13.2. The average Bonchev–Trinajstić information content (AvgIpc) is 3.24. The molecule has 0 spiro atoms. The Morgan fingerprint density at radius 2 is 2.09 bits per heavy atom. The van der Waals surface area contributed by atoms with E-state index < -0.39 is 0 Å². The third-order valence-electron chi connectivity index (χ3n) is 5.30. The average molecular weight is 309 g/mol. The number of hydrogen-bond donors (Lipinski definition) is 0. The summed E-state index contributed by atoms with van der Waals surface area (Å²) in [5.41, 5.74) is 2.60. The first kappa shape index (κ1) is 14.5. The highest BCUT2D eigenvalue weighted by molar-refractivity contribution is 5.85. The molecule has 1 amide bonds. The van der Waals surface area contributed by atoms with Crippen molar-refractivity contribution in [2.24, 2.45) is 0 Å². The number of piperidine rings is 1. The van der Waals surface area contributed by atoms with Gasteiger partial charge in [-0.15, -0.1) is 0 Å². The number of nitrogens with zero attached hydrogens (tertiary/aromatic N) is 3. The third kappa shape index (κ3) is 2.78. The van der Waals surface area contributed by atoms with Crippen LogP contribution >= 0.6 is 0 Å². The molecule has 23 heavy (non-hydrogen) atoms. The molecule has 2 aromatic rings. The molecule has 0 N–H and O–H groups in total. The molecular weight excluding hydrogens is 286 g/mol. The van der Waals surface area contributed by atoms with Crippen LogP contribution in [0.1, 0.15) is 42.7 Å². The van der Waals surface area contributed by atoms with Gasteiger partial charge in [0.15, 0.2) is 0 Å². The van der Waals surface area contributed by atoms with Crippen molar-refractivity contribution in [1.29, 1.82) is 0 Å². The molecular formula is C19H23N3O. The SMILES string of the molecule is O=C([C@@H]1CCc2ccccc21)N1CCCC[C@H]1Cn1cccn1. The van der Waals surface area contributed by atoms with Crippen LogP contribution in [0.15, 0.2) is 42.7 Å². The molecule has 2 aliphatic rings. The van der Waals surface area contributed by atoms with E-state index >= 15 is 0 Å². The molecule has 1 saturated heterocycles. The van der Waals surface area contributed by atoms with E-state index in [0.29, 0.717) is 5.91 Å². The van der Waals surface area contributed by atoms with Crippen LogP contribution in [0.4, 0.5) is 0 Å². The van der Waals surface area contributed by atoms with Gasteiger partial charge >= 0.3 is 0 Å². The number of fused-ring (bicyclic) bond motifs is 1. The summed E-state index contributed by atoms with van der Waals surface area (Å²) in [5, 5.41) is 4.32. The predicted octanol–water partition coefficient (Wildman–Crippen LogP) is 2.99. The van der Waals surface area contributed by atoms with Gasteiger partial charge in [0.05, 0.1) is 18.5 Å². The lowest BCUT2D eigenvalue weighted by atomic mass is 9.95. The van der Waals surface area contributed by atoms with Crippen molar-refractivity contribution < 1.29 is 4.79 Å². The van der Waals surface area contributed by atoms with E-state index in [0.717, 1.165) is 38.8 Å². The molecule has 1 aromatic heterocycles. The molecule has 0 bridgehead atoms. The van der Waals surface area contributed by atoms with Gasteiger partial charge < -0.3 is 4.90 Å². The number of amides is 1. The van der Waals surface area contributed by atoms with E-state index in [1.807, 2.05) is 23.1 Å². The smallest absolute Gasteiger partial charge is 0.230 e. The van der Waals surface area contributed by atoms with Crippen LogP contribution in [0.3, 0.4) is 0 Å². The lowest BCUT2D eigenvalue weighted by molar-refractivity contribution is -0.136. The second kappa shape index (κ2) is 6.19. The Bertz CT molecular complexity index is 680. The number of rotatable bonds is 3. The maximum absolute atomic E-state index is 13.2. The van der Waals surface area contributed by atoms with Gasteiger partial charge in [0.1, 0.15) is 0 Å². The highest BCUT2D eigenvalue weighted by atomic mass is 16.2. The Morgan fingerprint density at radius 1 is 1.17 bits per heavy atom. The fourth-order valence-corrected chi connectivity index (χ4v) is 4.12. The largest absolute Gasteiger partial charge is 0.337 e. The molecule has 1 aliphatic heterocycles. The first-order chi connectivity index (χ1) is 11.3. The van der Waals surface area contributed by atoms with Crippen LogP contribution in [0.25, 0.3) is 0 Å². The monoisotopic (exact) mass is 309 g/mol. The molecule has 1 aromatic carbocycles. The zero-order valence-electron chi connectivity index (χ0n) is 13.4. The first-order valence-electron chi connectivity index (χ1n) is 8.68. The van der Waals surface area contributed by atoms with Gasteiger partial charge in [0.25, 0.3) is 0 Å². The zero-order valence-corrected chi connectivity index (χ0v) is 13.4. The van der Waals surface area contributed by atoms with Crippen molar-refractivity contribution in [3.63, 3.8) is 0 Å². The topological polar surface area (TPSA) is 38.1 Å². The van der Waals surface area contributed by atoms with E-state index in [-0.39, 0.29) is 12.0 Å². The lowest BCUT2D eigenvalue weighted by Crippen LogP contribution is -2.47. The number of aromatic nitrogens is 2. The van der Waals surface area contributed by atoms with Crippen LogP contribution in [-0.2, 0) is 17.8 Å².